The standard InChI is InChI=1S/C16H30O4/c1-2-3-6-9-14-15(20-14)10-7-4-5-8-11-16(18)19-13-12-17/h14-15,17H,2-13H2,1H3. The van der Waals surface area contributed by atoms with Gasteiger partial charge < -0.3 is 14.6 Å². The molecule has 0 spiro atoms. The van der Waals surface area contributed by atoms with Crippen LogP contribution in [-0.4, -0.2) is 36.5 Å². The second-order valence-corrected chi connectivity index (χ2v) is 5.61. The minimum atomic E-state index is -0.194. The molecule has 0 aromatic carbocycles. The lowest BCUT2D eigenvalue weighted by atomic mass is 10.1. The van der Waals surface area contributed by atoms with Crippen molar-refractivity contribution in [3.05, 3.63) is 0 Å². The molecule has 0 bridgehead atoms. The monoisotopic (exact) mass is 286 g/mol. The molecule has 0 radical (unpaired) electrons. The summed E-state index contributed by atoms with van der Waals surface area (Å²) in [7, 11) is 0. The first-order chi connectivity index (χ1) is 9.77. The average molecular weight is 286 g/mol. The fourth-order valence-electron chi connectivity index (χ4n) is 2.48. The Bertz CT molecular complexity index is 255. The van der Waals surface area contributed by atoms with Gasteiger partial charge in [-0.05, 0) is 19.3 Å². The van der Waals surface area contributed by atoms with Gasteiger partial charge in [-0.1, -0.05) is 45.4 Å². The highest BCUT2D eigenvalue weighted by atomic mass is 16.6. The Hall–Kier alpha value is -0.610. The van der Waals surface area contributed by atoms with Crippen molar-refractivity contribution in [2.45, 2.75) is 83.3 Å². The van der Waals surface area contributed by atoms with Crippen molar-refractivity contribution in [3.8, 4) is 0 Å². The molecule has 0 aromatic rings. The van der Waals surface area contributed by atoms with Crippen molar-refractivity contribution in [2.24, 2.45) is 0 Å². The maximum Gasteiger partial charge on any atom is 0.305 e. The largest absolute Gasteiger partial charge is 0.463 e. The topological polar surface area (TPSA) is 59.1 Å². The van der Waals surface area contributed by atoms with Gasteiger partial charge in [0.05, 0.1) is 18.8 Å². The second-order valence-electron chi connectivity index (χ2n) is 5.61. The molecule has 1 aliphatic rings. The molecule has 2 unspecified atom stereocenters. The van der Waals surface area contributed by atoms with Crippen LogP contribution in [0.15, 0.2) is 0 Å². The van der Waals surface area contributed by atoms with Gasteiger partial charge in [0, 0.05) is 6.42 Å². The fourth-order valence-corrected chi connectivity index (χ4v) is 2.48. The van der Waals surface area contributed by atoms with Crippen molar-refractivity contribution in [2.75, 3.05) is 13.2 Å². The van der Waals surface area contributed by atoms with Crippen LogP contribution in [0, 0.1) is 0 Å². The summed E-state index contributed by atoms with van der Waals surface area (Å²) < 4.78 is 10.5. The third-order valence-corrected chi connectivity index (χ3v) is 3.75. The van der Waals surface area contributed by atoms with E-state index < -0.39 is 0 Å². The maximum absolute atomic E-state index is 11.2. The third kappa shape index (κ3) is 8.54. The lowest BCUT2D eigenvalue weighted by Gasteiger charge is -2.02. The molecule has 0 aromatic heterocycles. The van der Waals surface area contributed by atoms with E-state index in [0.717, 1.165) is 19.3 Å². The number of carbonyl (C=O) groups excluding carboxylic acids is 1. The van der Waals surface area contributed by atoms with E-state index in [1.807, 2.05) is 0 Å². The maximum atomic E-state index is 11.2. The van der Waals surface area contributed by atoms with Crippen molar-refractivity contribution in [1.29, 1.82) is 0 Å². The molecule has 0 amide bonds. The van der Waals surface area contributed by atoms with Gasteiger partial charge in [-0.2, -0.15) is 0 Å². The van der Waals surface area contributed by atoms with Crippen LogP contribution < -0.4 is 0 Å². The molecule has 0 aliphatic carbocycles. The Morgan fingerprint density at radius 2 is 1.70 bits per heavy atom. The summed E-state index contributed by atoms with van der Waals surface area (Å²) in [5.74, 6) is -0.194. The molecule has 1 N–H and O–H groups in total. The van der Waals surface area contributed by atoms with E-state index in [-0.39, 0.29) is 19.2 Å². The SMILES string of the molecule is CCCCCC1OC1CCCCCCC(=O)OCCO. The van der Waals surface area contributed by atoms with E-state index in [2.05, 4.69) is 6.92 Å². The molecule has 1 rings (SSSR count). The molecule has 4 nitrogen and oxygen atoms in total. The number of unbranched alkanes of at least 4 members (excludes halogenated alkanes) is 5. The number of carbonyl (C=O) groups is 1. The van der Waals surface area contributed by atoms with Gasteiger partial charge in [0.15, 0.2) is 0 Å². The van der Waals surface area contributed by atoms with E-state index in [1.165, 1.54) is 38.5 Å². The first kappa shape index (κ1) is 17.4. The highest BCUT2D eigenvalue weighted by molar-refractivity contribution is 5.69. The van der Waals surface area contributed by atoms with Crippen LogP contribution in [0.2, 0.25) is 0 Å². The van der Waals surface area contributed by atoms with Gasteiger partial charge >= 0.3 is 5.97 Å². The highest BCUT2D eigenvalue weighted by Crippen LogP contribution is 2.31. The average Bonchev–Trinajstić information content (AvgIpc) is 3.19. The summed E-state index contributed by atoms with van der Waals surface area (Å²) in [6.07, 6.45) is 12.1. The molecule has 20 heavy (non-hydrogen) atoms. The molecule has 1 aliphatic heterocycles. The Morgan fingerprint density at radius 3 is 2.35 bits per heavy atom. The molecule has 0 saturated carbocycles. The van der Waals surface area contributed by atoms with Crippen LogP contribution in [0.5, 0.6) is 0 Å². The predicted octanol–water partition coefficient (Wildman–Crippen LogP) is 3.21. The van der Waals surface area contributed by atoms with Crippen molar-refractivity contribution in [3.63, 3.8) is 0 Å². The summed E-state index contributed by atoms with van der Waals surface area (Å²) in [5, 5.41) is 8.51. The number of epoxide rings is 1. The van der Waals surface area contributed by atoms with Crippen LogP contribution in [-0.2, 0) is 14.3 Å². The van der Waals surface area contributed by atoms with Crippen LogP contribution >= 0.6 is 0 Å². The minimum absolute atomic E-state index is 0.0907. The Labute approximate surface area is 122 Å². The zero-order chi connectivity index (χ0) is 14.6. The number of aliphatic hydroxyl groups excluding tert-OH is 1. The van der Waals surface area contributed by atoms with Gasteiger partial charge in [-0.25, -0.2) is 0 Å². The fraction of sp³-hybridized carbons (Fsp3) is 0.938. The number of ether oxygens (including phenoxy) is 2. The van der Waals surface area contributed by atoms with E-state index in [0.29, 0.717) is 18.6 Å². The van der Waals surface area contributed by atoms with Crippen molar-refractivity contribution < 1.29 is 19.4 Å². The Balaban J connectivity index is 1.81. The number of rotatable bonds is 13. The molecule has 2 atom stereocenters. The van der Waals surface area contributed by atoms with Crippen molar-refractivity contribution in [1.82, 2.24) is 0 Å². The van der Waals surface area contributed by atoms with Crippen LogP contribution in [0.1, 0.15) is 71.1 Å². The number of esters is 1. The smallest absolute Gasteiger partial charge is 0.305 e. The van der Waals surface area contributed by atoms with E-state index >= 15 is 0 Å². The molecule has 1 fully saturated rings. The van der Waals surface area contributed by atoms with Crippen LogP contribution in [0.3, 0.4) is 0 Å². The normalized spacial score (nSPS) is 20.9. The van der Waals surface area contributed by atoms with Crippen LogP contribution in [0.25, 0.3) is 0 Å². The first-order valence-corrected chi connectivity index (χ1v) is 8.20. The molecular formula is C16H30O4. The lowest BCUT2D eigenvalue weighted by molar-refractivity contribution is -0.144. The molecule has 1 saturated heterocycles. The molecular weight excluding hydrogens is 256 g/mol. The Kier molecular flexibility index (Phi) is 9.67. The van der Waals surface area contributed by atoms with Gasteiger partial charge in [-0.15, -0.1) is 0 Å². The van der Waals surface area contributed by atoms with Gasteiger partial charge in [0.2, 0.25) is 0 Å². The van der Waals surface area contributed by atoms with E-state index in [4.69, 9.17) is 14.6 Å². The lowest BCUT2D eigenvalue weighted by Crippen LogP contribution is -2.07. The van der Waals surface area contributed by atoms with Crippen molar-refractivity contribution >= 4 is 5.97 Å². The van der Waals surface area contributed by atoms with Gasteiger partial charge in [0.25, 0.3) is 0 Å². The zero-order valence-electron chi connectivity index (χ0n) is 12.8. The van der Waals surface area contributed by atoms with E-state index in [1.54, 1.807) is 0 Å². The summed E-state index contributed by atoms with van der Waals surface area (Å²) in [5.41, 5.74) is 0. The first-order valence-electron chi connectivity index (χ1n) is 8.20. The highest BCUT2D eigenvalue weighted by Gasteiger charge is 2.36. The summed E-state index contributed by atoms with van der Waals surface area (Å²) in [6, 6.07) is 0. The van der Waals surface area contributed by atoms with Gasteiger partial charge in [-0.3, -0.25) is 4.79 Å². The number of hydrogen-bond donors (Lipinski definition) is 1. The summed E-state index contributed by atoms with van der Waals surface area (Å²) in [4.78, 5) is 11.2. The minimum Gasteiger partial charge on any atom is -0.463 e. The molecule has 4 heteroatoms. The van der Waals surface area contributed by atoms with Crippen LogP contribution in [0.4, 0.5) is 0 Å². The molecule has 118 valence electrons. The Morgan fingerprint density at radius 1 is 1.05 bits per heavy atom. The zero-order valence-corrected chi connectivity index (χ0v) is 12.8. The van der Waals surface area contributed by atoms with E-state index in [9.17, 15) is 4.79 Å². The predicted molar refractivity (Wildman–Crippen MR) is 78.5 cm³/mol. The summed E-state index contributed by atoms with van der Waals surface area (Å²) in [6.45, 7) is 2.26. The van der Waals surface area contributed by atoms with Gasteiger partial charge in [0.1, 0.15) is 6.61 Å². The number of hydrogen-bond acceptors (Lipinski definition) is 4. The quantitative estimate of drug-likeness (QED) is 0.321. The third-order valence-electron chi connectivity index (χ3n) is 3.75. The molecule has 1 heterocycles. The second kappa shape index (κ2) is 11.1. The number of aliphatic hydroxyl groups is 1. The summed E-state index contributed by atoms with van der Waals surface area (Å²) >= 11 is 0.